The molecule has 2 fully saturated rings. The number of carbonyl (C=O) groups is 1. The molecule has 0 atom stereocenters. The van der Waals surface area contributed by atoms with Crippen LogP contribution in [0.15, 0.2) is 30.3 Å². The van der Waals surface area contributed by atoms with Crippen LogP contribution in [0, 0.1) is 0 Å². The summed E-state index contributed by atoms with van der Waals surface area (Å²) in [4.78, 5) is 15.5. The van der Waals surface area contributed by atoms with Crippen LogP contribution in [0.2, 0.25) is 0 Å². The average Bonchev–Trinajstić information content (AvgIpc) is 2.68. The van der Waals surface area contributed by atoms with E-state index in [-0.39, 0.29) is 11.3 Å². The molecule has 0 N–H and O–H groups in total. The highest BCUT2D eigenvalue weighted by molar-refractivity contribution is 5.92. The summed E-state index contributed by atoms with van der Waals surface area (Å²) in [5, 5.41) is 0. The molecule has 1 aromatic rings. The zero-order valence-corrected chi connectivity index (χ0v) is 17.5. The van der Waals surface area contributed by atoms with E-state index in [9.17, 15) is 4.79 Å². The van der Waals surface area contributed by atoms with Crippen LogP contribution in [-0.2, 0) is 10.2 Å². The molecule has 2 nitrogen and oxygen atoms in total. The smallest absolute Gasteiger partial charge is 0.247 e. The van der Waals surface area contributed by atoms with Gasteiger partial charge in [0, 0.05) is 18.2 Å². The maximum Gasteiger partial charge on any atom is 0.247 e. The summed E-state index contributed by atoms with van der Waals surface area (Å²) >= 11 is 0. The largest absolute Gasteiger partial charge is 0.333 e. The van der Waals surface area contributed by atoms with Crippen LogP contribution in [-0.4, -0.2) is 22.9 Å². The molecule has 2 saturated carbocycles. The van der Waals surface area contributed by atoms with Crippen molar-refractivity contribution < 1.29 is 4.79 Å². The summed E-state index contributed by atoms with van der Waals surface area (Å²) in [5.74, 6) is 0.230. The third kappa shape index (κ3) is 5.46. The number of rotatable bonds is 4. The Labute approximate surface area is 166 Å². The molecule has 0 spiro atoms. The fourth-order valence-electron chi connectivity index (χ4n) is 4.72. The van der Waals surface area contributed by atoms with Gasteiger partial charge >= 0.3 is 0 Å². The van der Waals surface area contributed by atoms with Crippen molar-refractivity contribution in [1.29, 1.82) is 0 Å². The monoisotopic (exact) mass is 367 g/mol. The van der Waals surface area contributed by atoms with Gasteiger partial charge in [-0.05, 0) is 48.3 Å². The molecule has 0 bridgehead atoms. The minimum atomic E-state index is 0.164. The zero-order chi connectivity index (χ0) is 19.3. The van der Waals surface area contributed by atoms with Crippen molar-refractivity contribution in [2.75, 3.05) is 0 Å². The molecule has 2 aliphatic rings. The molecule has 0 saturated heterocycles. The SMILES string of the molecule is CC(C)(C)c1ccc(C=CC(=O)N(C2CCCCC2)C2CCCCC2)cc1. The van der Waals surface area contributed by atoms with Crippen LogP contribution in [0.3, 0.4) is 0 Å². The second kappa shape index (κ2) is 9.08. The highest BCUT2D eigenvalue weighted by atomic mass is 16.2. The topological polar surface area (TPSA) is 20.3 Å². The van der Waals surface area contributed by atoms with Gasteiger partial charge in [-0.2, -0.15) is 0 Å². The third-order valence-corrected chi connectivity index (χ3v) is 6.39. The van der Waals surface area contributed by atoms with Crippen LogP contribution in [0.1, 0.15) is 96.1 Å². The Bertz CT molecular complexity index is 607. The van der Waals surface area contributed by atoms with Crippen molar-refractivity contribution in [2.24, 2.45) is 0 Å². The van der Waals surface area contributed by atoms with E-state index in [0.717, 1.165) is 5.56 Å². The molecule has 0 unspecified atom stereocenters. The number of amides is 1. The normalized spacial score (nSPS) is 20.1. The third-order valence-electron chi connectivity index (χ3n) is 6.39. The van der Waals surface area contributed by atoms with E-state index < -0.39 is 0 Å². The molecule has 27 heavy (non-hydrogen) atoms. The van der Waals surface area contributed by atoms with Gasteiger partial charge in [0.25, 0.3) is 0 Å². The van der Waals surface area contributed by atoms with E-state index >= 15 is 0 Å². The molecule has 3 rings (SSSR count). The van der Waals surface area contributed by atoms with Crippen molar-refractivity contribution in [3.63, 3.8) is 0 Å². The van der Waals surface area contributed by atoms with Gasteiger partial charge in [-0.15, -0.1) is 0 Å². The van der Waals surface area contributed by atoms with Crippen LogP contribution in [0.5, 0.6) is 0 Å². The highest BCUT2D eigenvalue weighted by Gasteiger charge is 2.31. The number of benzene rings is 1. The Kier molecular flexibility index (Phi) is 6.78. The Morgan fingerprint density at radius 3 is 1.78 bits per heavy atom. The van der Waals surface area contributed by atoms with Gasteiger partial charge in [0.15, 0.2) is 0 Å². The lowest BCUT2D eigenvalue weighted by Gasteiger charge is -2.41. The standard InChI is InChI=1S/C25H37NO/c1-25(2,3)21-17-14-20(15-18-21)16-19-24(27)26(22-10-6-4-7-11-22)23-12-8-5-9-13-23/h14-19,22-23H,4-13H2,1-3H3. The predicted molar refractivity (Wildman–Crippen MR) is 115 cm³/mol. The Hall–Kier alpha value is -1.57. The second-order valence-electron chi connectivity index (χ2n) is 9.53. The number of hydrogen-bond acceptors (Lipinski definition) is 1. The average molecular weight is 368 g/mol. The van der Waals surface area contributed by atoms with Gasteiger partial charge in [-0.25, -0.2) is 0 Å². The van der Waals surface area contributed by atoms with Gasteiger partial charge in [0.1, 0.15) is 0 Å². The lowest BCUT2D eigenvalue weighted by molar-refractivity contribution is -0.132. The van der Waals surface area contributed by atoms with E-state index in [1.54, 1.807) is 0 Å². The van der Waals surface area contributed by atoms with Crippen molar-refractivity contribution in [1.82, 2.24) is 4.90 Å². The van der Waals surface area contributed by atoms with Crippen LogP contribution < -0.4 is 0 Å². The zero-order valence-electron chi connectivity index (χ0n) is 17.5. The molecule has 0 aliphatic heterocycles. The van der Waals surface area contributed by atoms with Crippen LogP contribution >= 0.6 is 0 Å². The lowest BCUT2D eigenvalue weighted by atomic mass is 9.86. The molecule has 148 valence electrons. The van der Waals surface area contributed by atoms with E-state index in [4.69, 9.17) is 0 Å². The van der Waals surface area contributed by atoms with Crippen molar-refractivity contribution in [3.05, 3.63) is 41.5 Å². The maximum absolute atomic E-state index is 13.2. The first-order valence-electron chi connectivity index (χ1n) is 11.1. The summed E-state index contributed by atoms with van der Waals surface area (Å²) in [6, 6.07) is 9.56. The summed E-state index contributed by atoms with van der Waals surface area (Å²) < 4.78 is 0. The van der Waals surface area contributed by atoms with Gasteiger partial charge in [-0.1, -0.05) is 83.6 Å². The summed E-state index contributed by atoms with van der Waals surface area (Å²) in [6.07, 6.45) is 16.4. The molecule has 1 aromatic carbocycles. The highest BCUT2D eigenvalue weighted by Crippen LogP contribution is 2.30. The predicted octanol–water partition coefficient (Wildman–Crippen LogP) is 6.49. The fraction of sp³-hybridized carbons (Fsp3) is 0.640. The Morgan fingerprint density at radius 2 is 1.33 bits per heavy atom. The molecule has 0 heterocycles. The first-order chi connectivity index (χ1) is 12.9. The first-order valence-corrected chi connectivity index (χ1v) is 11.1. The van der Waals surface area contributed by atoms with E-state index in [1.165, 1.54) is 69.8 Å². The second-order valence-corrected chi connectivity index (χ2v) is 9.53. The van der Waals surface area contributed by atoms with E-state index in [2.05, 4.69) is 49.9 Å². The minimum Gasteiger partial charge on any atom is -0.333 e. The van der Waals surface area contributed by atoms with Gasteiger partial charge in [0.2, 0.25) is 5.91 Å². The fourth-order valence-corrected chi connectivity index (χ4v) is 4.72. The summed E-state index contributed by atoms with van der Waals surface area (Å²) in [7, 11) is 0. The number of carbonyl (C=O) groups excluding carboxylic acids is 1. The number of hydrogen-bond donors (Lipinski definition) is 0. The molecule has 1 amide bonds. The molecule has 2 aliphatic carbocycles. The first kappa shape index (κ1) is 20.2. The van der Waals surface area contributed by atoms with Gasteiger partial charge < -0.3 is 4.90 Å². The molecule has 0 aromatic heterocycles. The van der Waals surface area contributed by atoms with E-state index in [0.29, 0.717) is 12.1 Å². The van der Waals surface area contributed by atoms with Crippen LogP contribution in [0.25, 0.3) is 6.08 Å². The van der Waals surface area contributed by atoms with Crippen molar-refractivity contribution in [3.8, 4) is 0 Å². The quantitative estimate of drug-likeness (QED) is 0.557. The van der Waals surface area contributed by atoms with Crippen LogP contribution in [0.4, 0.5) is 0 Å². The molecular weight excluding hydrogens is 330 g/mol. The Morgan fingerprint density at radius 1 is 0.852 bits per heavy atom. The summed E-state index contributed by atoms with van der Waals surface area (Å²) in [5.41, 5.74) is 2.61. The van der Waals surface area contributed by atoms with Crippen molar-refractivity contribution >= 4 is 12.0 Å². The Balaban J connectivity index is 1.72. The van der Waals surface area contributed by atoms with Crippen molar-refractivity contribution in [2.45, 2.75) is 102 Å². The number of nitrogens with zero attached hydrogens (tertiary/aromatic N) is 1. The summed E-state index contributed by atoms with van der Waals surface area (Å²) in [6.45, 7) is 6.69. The molecule has 0 radical (unpaired) electrons. The maximum atomic E-state index is 13.2. The lowest BCUT2D eigenvalue weighted by Crippen LogP contribution is -2.48. The molecular formula is C25H37NO. The molecule has 2 heteroatoms. The van der Waals surface area contributed by atoms with Gasteiger partial charge in [-0.3, -0.25) is 4.79 Å². The van der Waals surface area contributed by atoms with Gasteiger partial charge in [0.05, 0.1) is 0 Å². The van der Waals surface area contributed by atoms with E-state index in [1.807, 2.05) is 12.2 Å². The minimum absolute atomic E-state index is 0.164.